The molecule has 0 unspecified atom stereocenters. The summed E-state index contributed by atoms with van der Waals surface area (Å²) in [4.78, 5) is 12.6. The highest BCUT2D eigenvalue weighted by Gasteiger charge is 2.18. The Labute approximate surface area is 124 Å². The van der Waals surface area contributed by atoms with Gasteiger partial charge in [-0.05, 0) is 30.2 Å². The van der Waals surface area contributed by atoms with Crippen molar-refractivity contribution in [3.8, 4) is 0 Å². The van der Waals surface area contributed by atoms with Crippen molar-refractivity contribution in [3.05, 3.63) is 11.4 Å². The first kappa shape index (κ1) is 13.6. The first-order valence-electron chi connectivity index (χ1n) is 7.42. The largest absolute Gasteiger partial charge is 0.359 e. The Kier molecular flexibility index (Phi) is 4.05. The van der Waals surface area contributed by atoms with Gasteiger partial charge in [0.2, 0.25) is 5.95 Å². The quantitative estimate of drug-likeness (QED) is 0.931. The van der Waals surface area contributed by atoms with Crippen LogP contribution in [0.4, 0.5) is 11.8 Å². The molecule has 5 heteroatoms. The molecule has 0 atom stereocenters. The lowest BCUT2D eigenvalue weighted by molar-refractivity contribution is 0.362. The van der Waals surface area contributed by atoms with E-state index >= 15 is 0 Å². The van der Waals surface area contributed by atoms with Gasteiger partial charge in [0.05, 0.1) is 5.39 Å². The summed E-state index contributed by atoms with van der Waals surface area (Å²) in [5.41, 5.74) is 0. The summed E-state index contributed by atoms with van der Waals surface area (Å²) in [5, 5.41) is 6.33. The van der Waals surface area contributed by atoms with Crippen molar-refractivity contribution in [1.29, 1.82) is 0 Å². The van der Waals surface area contributed by atoms with Crippen LogP contribution in [-0.4, -0.2) is 30.6 Å². The zero-order valence-corrected chi connectivity index (χ0v) is 13.0. The third-order valence-corrected chi connectivity index (χ3v) is 4.95. The molecule has 0 aromatic carbocycles. The molecule has 0 bridgehead atoms. The summed E-state index contributed by atoms with van der Waals surface area (Å²) in [7, 11) is 4.03. The highest BCUT2D eigenvalue weighted by molar-refractivity contribution is 7.16. The molecule has 1 aliphatic carbocycles. The van der Waals surface area contributed by atoms with E-state index in [1.165, 1.54) is 37.5 Å². The lowest BCUT2D eigenvalue weighted by Crippen LogP contribution is -2.27. The SMILES string of the molecule is CNc1nc(N(C)CC2CCCCC2)c2ccsc2n1. The Bertz CT molecular complexity index is 574. The maximum atomic E-state index is 4.67. The highest BCUT2D eigenvalue weighted by Crippen LogP contribution is 2.31. The van der Waals surface area contributed by atoms with Gasteiger partial charge >= 0.3 is 0 Å². The summed E-state index contributed by atoms with van der Waals surface area (Å²) in [6.45, 7) is 1.10. The molecule has 4 nitrogen and oxygen atoms in total. The van der Waals surface area contributed by atoms with Gasteiger partial charge in [-0.15, -0.1) is 11.3 Å². The van der Waals surface area contributed by atoms with E-state index in [1.807, 2.05) is 7.05 Å². The minimum Gasteiger partial charge on any atom is -0.359 e. The molecule has 2 aromatic heterocycles. The Morgan fingerprint density at radius 2 is 2.10 bits per heavy atom. The molecule has 108 valence electrons. The maximum Gasteiger partial charge on any atom is 0.225 e. The number of fused-ring (bicyclic) bond motifs is 1. The standard InChI is InChI=1S/C15H22N4S/c1-16-15-17-13(12-8-9-20-14(12)18-15)19(2)10-11-6-4-3-5-7-11/h8-9,11H,3-7,10H2,1-2H3,(H,16,17,18). The molecular weight excluding hydrogens is 268 g/mol. The summed E-state index contributed by atoms with van der Waals surface area (Å²) in [6, 6.07) is 2.13. The third-order valence-electron chi connectivity index (χ3n) is 4.15. The molecule has 2 aromatic rings. The molecule has 1 fully saturated rings. The molecule has 1 N–H and O–H groups in total. The number of hydrogen-bond donors (Lipinski definition) is 1. The number of hydrogen-bond acceptors (Lipinski definition) is 5. The number of nitrogens with zero attached hydrogens (tertiary/aromatic N) is 3. The zero-order chi connectivity index (χ0) is 13.9. The normalized spacial score (nSPS) is 16.5. The van der Waals surface area contributed by atoms with Crippen LogP contribution in [-0.2, 0) is 0 Å². The van der Waals surface area contributed by atoms with E-state index in [-0.39, 0.29) is 0 Å². The molecule has 1 aliphatic rings. The Morgan fingerprint density at radius 3 is 2.85 bits per heavy atom. The Balaban J connectivity index is 1.85. The number of rotatable bonds is 4. The van der Waals surface area contributed by atoms with Crippen molar-refractivity contribution in [2.75, 3.05) is 30.9 Å². The van der Waals surface area contributed by atoms with E-state index in [1.54, 1.807) is 11.3 Å². The van der Waals surface area contributed by atoms with Gasteiger partial charge in [-0.3, -0.25) is 0 Å². The van der Waals surface area contributed by atoms with Gasteiger partial charge in [0.1, 0.15) is 10.6 Å². The Hall–Kier alpha value is -1.36. The summed E-state index contributed by atoms with van der Waals surface area (Å²) < 4.78 is 0. The molecule has 0 amide bonds. The van der Waals surface area contributed by atoms with Crippen molar-refractivity contribution in [3.63, 3.8) is 0 Å². The molecule has 1 saturated carbocycles. The molecule has 0 saturated heterocycles. The van der Waals surface area contributed by atoms with Crippen molar-refractivity contribution in [2.45, 2.75) is 32.1 Å². The zero-order valence-electron chi connectivity index (χ0n) is 12.2. The van der Waals surface area contributed by atoms with Crippen LogP contribution in [0.3, 0.4) is 0 Å². The van der Waals surface area contributed by atoms with Crippen LogP contribution in [0.15, 0.2) is 11.4 Å². The average Bonchev–Trinajstić information content (AvgIpc) is 2.95. The molecule has 20 heavy (non-hydrogen) atoms. The number of anilines is 2. The molecule has 3 rings (SSSR count). The van der Waals surface area contributed by atoms with Crippen molar-refractivity contribution in [2.24, 2.45) is 5.92 Å². The fourth-order valence-electron chi connectivity index (χ4n) is 3.09. The Morgan fingerprint density at radius 1 is 1.30 bits per heavy atom. The van der Waals surface area contributed by atoms with Gasteiger partial charge in [-0.25, -0.2) is 4.98 Å². The highest BCUT2D eigenvalue weighted by atomic mass is 32.1. The van der Waals surface area contributed by atoms with Crippen molar-refractivity contribution < 1.29 is 0 Å². The number of thiophene rings is 1. The van der Waals surface area contributed by atoms with E-state index in [9.17, 15) is 0 Å². The molecule has 0 radical (unpaired) electrons. The van der Waals surface area contributed by atoms with Crippen LogP contribution in [0.25, 0.3) is 10.2 Å². The van der Waals surface area contributed by atoms with Crippen LogP contribution < -0.4 is 10.2 Å². The van der Waals surface area contributed by atoms with Gasteiger partial charge in [-0.2, -0.15) is 4.98 Å². The van der Waals surface area contributed by atoms with E-state index < -0.39 is 0 Å². The van der Waals surface area contributed by atoms with E-state index in [0.29, 0.717) is 5.95 Å². The number of nitrogens with one attached hydrogen (secondary N) is 1. The topological polar surface area (TPSA) is 41.1 Å². The van der Waals surface area contributed by atoms with Gasteiger partial charge in [0.15, 0.2) is 0 Å². The van der Waals surface area contributed by atoms with Gasteiger partial charge in [0.25, 0.3) is 0 Å². The molecule has 2 heterocycles. The van der Waals surface area contributed by atoms with Gasteiger partial charge < -0.3 is 10.2 Å². The predicted octanol–water partition coefficient (Wildman–Crippen LogP) is 3.75. The molecular formula is C15H22N4S. The monoisotopic (exact) mass is 290 g/mol. The van der Waals surface area contributed by atoms with E-state index in [2.05, 4.69) is 38.7 Å². The lowest BCUT2D eigenvalue weighted by Gasteiger charge is -2.28. The van der Waals surface area contributed by atoms with Crippen LogP contribution >= 0.6 is 11.3 Å². The summed E-state index contributed by atoms with van der Waals surface area (Å²) in [5.74, 6) is 2.59. The summed E-state index contributed by atoms with van der Waals surface area (Å²) in [6.07, 6.45) is 6.91. The average molecular weight is 290 g/mol. The number of aromatic nitrogens is 2. The third kappa shape index (κ3) is 2.73. The smallest absolute Gasteiger partial charge is 0.225 e. The van der Waals surface area contributed by atoms with Gasteiger partial charge in [0, 0.05) is 20.6 Å². The van der Waals surface area contributed by atoms with Crippen molar-refractivity contribution >= 4 is 33.3 Å². The van der Waals surface area contributed by atoms with Crippen LogP contribution in [0, 0.1) is 5.92 Å². The van der Waals surface area contributed by atoms with E-state index in [0.717, 1.165) is 23.1 Å². The molecule has 0 aliphatic heterocycles. The fourth-order valence-corrected chi connectivity index (χ4v) is 3.84. The van der Waals surface area contributed by atoms with Crippen LogP contribution in [0.2, 0.25) is 0 Å². The van der Waals surface area contributed by atoms with Gasteiger partial charge in [-0.1, -0.05) is 19.3 Å². The lowest BCUT2D eigenvalue weighted by atomic mass is 9.89. The van der Waals surface area contributed by atoms with Crippen LogP contribution in [0.1, 0.15) is 32.1 Å². The summed E-state index contributed by atoms with van der Waals surface area (Å²) >= 11 is 1.68. The second kappa shape index (κ2) is 5.95. The molecule has 0 spiro atoms. The maximum absolute atomic E-state index is 4.67. The first-order valence-corrected chi connectivity index (χ1v) is 8.30. The minimum atomic E-state index is 0.713. The second-order valence-corrected chi connectivity index (χ2v) is 6.54. The first-order chi connectivity index (χ1) is 9.78. The van der Waals surface area contributed by atoms with Crippen molar-refractivity contribution in [1.82, 2.24) is 9.97 Å². The minimum absolute atomic E-state index is 0.713. The fraction of sp³-hybridized carbons (Fsp3) is 0.600. The second-order valence-electron chi connectivity index (χ2n) is 5.64. The van der Waals surface area contributed by atoms with Crippen LogP contribution in [0.5, 0.6) is 0 Å². The predicted molar refractivity (Wildman–Crippen MR) is 86.8 cm³/mol. The van der Waals surface area contributed by atoms with E-state index in [4.69, 9.17) is 0 Å².